The van der Waals surface area contributed by atoms with Gasteiger partial charge in [-0.2, -0.15) is 13.9 Å². The second kappa shape index (κ2) is 13.3. The second-order valence-corrected chi connectivity index (χ2v) is 8.61. The van der Waals surface area contributed by atoms with Gasteiger partial charge in [0.25, 0.3) is 6.43 Å². The van der Waals surface area contributed by atoms with E-state index in [1.807, 2.05) is 42.6 Å². The van der Waals surface area contributed by atoms with E-state index in [4.69, 9.17) is 9.84 Å². The normalized spacial score (nSPS) is 14.5. The van der Waals surface area contributed by atoms with Crippen LogP contribution in [0.25, 0.3) is 5.69 Å². The summed E-state index contributed by atoms with van der Waals surface area (Å²) in [5.74, 6) is 5.48. The summed E-state index contributed by atoms with van der Waals surface area (Å²) in [6.07, 6.45) is 4.96. The van der Waals surface area contributed by atoms with E-state index in [-0.39, 0.29) is 0 Å². The first-order chi connectivity index (χ1) is 16.5. The number of halogens is 2. The topological polar surface area (TPSA) is 33.5 Å². The van der Waals surface area contributed by atoms with Crippen LogP contribution in [-0.4, -0.2) is 67.0 Å². The number of morpholine rings is 1. The predicted octanol–water partition coefficient (Wildman–Crippen LogP) is 4.99. The molecule has 2 heterocycles. The predicted molar refractivity (Wildman–Crippen MR) is 134 cm³/mol. The summed E-state index contributed by atoms with van der Waals surface area (Å²) in [5, 5.41) is 4.84. The molecule has 7 heteroatoms. The smallest absolute Gasteiger partial charge is 0.299 e. The summed E-state index contributed by atoms with van der Waals surface area (Å²) in [5.41, 5.74) is 3.29. The molecule has 0 saturated carbocycles. The maximum atomic E-state index is 12.6. The Kier molecular flexibility index (Phi) is 10.1. The SMILES string of the molecule is CCCN(CCC=CCCN1CCOCC1)c1cc(C)n(-c2ccc(C)c(C#CC(F)F)c2)n1. The number of ether oxygens (including phenoxy) is 1. The quantitative estimate of drug-likeness (QED) is 0.362. The van der Waals surface area contributed by atoms with Crippen molar-refractivity contribution in [2.75, 3.05) is 50.8 Å². The van der Waals surface area contributed by atoms with E-state index in [0.29, 0.717) is 5.56 Å². The Morgan fingerprint density at radius 3 is 2.62 bits per heavy atom. The molecule has 0 N–H and O–H groups in total. The zero-order valence-corrected chi connectivity index (χ0v) is 20.6. The van der Waals surface area contributed by atoms with E-state index < -0.39 is 6.43 Å². The molecule has 1 aliphatic rings. The molecule has 1 saturated heterocycles. The molecule has 1 fully saturated rings. The lowest BCUT2D eigenvalue weighted by Crippen LogP contribution is -2.36. The second-order valence-electron chi connectivity index (χ2n) is 8.61. The molecule has 0 amide bonds. The molecular weight excluding hydrogens is 434 g/mol. The monoisotopic (exact) mass is 470 g/mol. The van der Waals surface area contributed by atoms with Gasteiger partial charge in [0.15, 0.2) is 5.82 Å². The molecular formula is C27H36F2N4O. The fourth-order valence-corrected chi connectivity index (χ4v) is 4.04. The molecule has 3 rings (SSSR count). The van der Waals surface area contributed by atoms with Crippen molar-refractivity contribution in [3.63, 3.8) is 0 Å². The summed E-state index contributed by atoms with van der Waals surface area (Å²) >= 11 is 0. The standard InChI is InChI=1S/C27H36F2N4O/c1-4-13-32(15-8-6-5-7-14-31-16-18-34-19-17-31)27-20-23(3)33(30-27)25-11-9-22(2)24(21-25)10-12-26(28)29/h5-6,9,11,20-21,26H,4,7-8,13-19H2,1-3H3. The first kappa shape index (κ1) is 25.9. The fraction of sp³-hybridized carbons (Fsp3) is 0.519. The zero-order chi connectivity index (χ0) is 24.3. The van der Waals surface area contributed by atoms with Gasteiger partial charge in [-0.25, -0.2) is 4.68 Å². The number of anilines is 1. The van der Waals surface area contributed by atoms with Crippen LogP contribution in [0.1, 0.15) is 43.0 Å². The third-order valence-electron chi connectivity index (χ3n) is 5.92. The van der Waals surface area contributed by atoms with Crippen LogP contribution in [0.15, 0.2) is 36.4 Å². The minimum Gasteiger partial charge on any atom is -0.379 e. The molecule has 0 radical (unpaired) electrons. The molecule has 0 unspecified atom stereocenters. The van der Waals surface area contributed by atoms with Crippen LogP contribution < -0.4 is 4.90 Å². The molecule has 0 bridgehead atoms. The van der Waals surface area contributed by atoms with Crippen molar-refractivity contribution >= 4 is 5.82 Å². The van der Waals surface area contributed by atoms with Gasteiger partial charge in [-0.05, 0) is 56.7 Å². The van der Waals surface area contributed by atoms with Crippen LogP contribution in [0.4, 0.5) is 14.6 Å². The van der Waals surface area contributed by atoms with Gasteiger partial charge in [0, 0.05) is 50.0 Å². The molecule has 0 atom stereocenters. The number of hydrogen-bond donors (Lipinski definition) is 0. The van der Waals surface area contributed by atoms with Crippen molar-refractivity contribution in [3.05, 3.63) is 53.2 Å². The highest BCUT2D eigenvalue weighted by Gasteiger charge is 2.13. The lowest BCUT2D eigenvalue weighted by Gasteiger charge is -2.25. The summed E-state index contributed by atoms with van der Waals surface area (Å²) in [6, 6.07) is 7.77. The van der Waals surface area contributed by atoms with E-state index in [9.17, 15) is 8.78 Å². The molecule has 184 valence electrons. The number of rotatable bonds is 10. The van der Waals surface area contributed by atoms with E-state index in [1.54, 1.807) is 0 Å². The summed E-state index contributed by atoms with van der Waals surface area (Å²) in [7, 11) is 0. The first-order valence-corrected chi connectivity index (χ1v) is 12.2. The average molecular weight is 471 g/mol. The Balaban J connectivity index is 1.63. The van der Waals surface area contributed by atoms with Crippen LogP contribution in [0.5, 0.6) is 0 Å². The van der Waals surface area contributed by atoms with E-state index in [2.05, 4.69) is 40.9 Å². The van der Waals surface area contributed by atoms with Gasteiger partial charge < -0.3 is 9.64 Å². The molecule has 34 heavy (non-hydrogen) atoms. The molecule has 1 aliphatic heterocycles. The highest BCUT2D eigenvalue weighted by molar-refractivity contribution is 5.50. The van der Waals surface area contributed by atoms with Gasteiger partial charge in [-0.15, -0.1) is 0 Å². The van der Waals surface area contributed by atoms with E-state index >= 15 is 0 Å². The number of alkyl halides is 2. The number of hydrogen-bond acceptors (Lipinski definition) is 4. The molecule has 0 spiro atoms. The van der Waals surface area contributed by atoms with Crippen molar-refractivity contribution in [2.24, 2.45) is 0 Å². The Morgan fingerprint density at radius 2 is 1.88 bits per heavy atom. The minimum absolute atomic E-state index is 0.599. The molecule has 1 aromatic heterocycles. The summed E-state index contributed by atoms with van der Waals surface area (Å²) in [6.45, 7) is 12.7. The summed E-state index contributed by atoms with van der Waals surface area (Å²) in [4.78, 5) is 4.75. The van der Waals surface area contributed by atoms with Crippen LogP contribution >= 0.6 is 0 Å². The van der Waals surface area contributed by atoms with Crippen molar-refractivity contribution < 1.29 is 13.5 Å². The van der Waals surface area contributed by atoms with Crippen molar-refractivity contribution in [1.82, 2.24) is 14.7 Å². The lowest BCUT2D eigenvalue weighted by atomic mass is 10.1. The Bertz CT molecular complexity index is 1000. The van der Waals surface area contributed by atoms with Gasteiger partial charge in [0.2, 0.25) is 0 Å². The molecule has 5 nitrogen and oxygen atoms in total. The fourth-order valence-electron chi connectivity index (χ4n) is 4.04. The number of aromatic nitrogens is 2. The molecule has 2 aromatic rings. The number of nitrogens with zero attached hydrogens (tertiary/aromatic N) is 4. The van der Waals surface area contributed by atoms with Crippen LogP contribution in [0.2, 0.25) is 0 Å². The average Bonchev–Trinajstić information content (AvgIpc) is 3.22. The minimum atomic E-state index is -2.64. The molecule has 1 aromatic carbocycles. The maximum Gasteiger partial charge on any atom is 0.299 e. The van der Waals surface area contributed by atoms with E-state index in [1.165, 1.54) is 0 Å². The number of benzene rings is 1. The van der Waals surface area contributed by atoms with Crippen LogP contribution in [0.3, 0.4) is 0 Å². The third kappa shape index (κ3) is 7.68. The van der Waals surface area contributed by atoms with Crippen molar-refractivity contribution in [1.29, 1.82) is 0 Å². The van der Waals surface area contributed by atoms with Gasteiger partial charge in [-0.3, -0.25) is 4.90 Å². The van der Waals surface area contributed by atoms with Crippen molar-refractivity contribution in [2.45, 2.75) is 46.5 Å². The van der Waals surface area contributed by atoms with Crippen molar-refractivity contribution in [3.8, 4) is 17.5 Å². The van der Waals surface area contributed by atoms with Gasteiger partial charge >= 0.3 is 0 Å². The van der Waals surface area contributed by atoms with Crippen LogP contribution in [-0.2, 0) is 4.74 Å². The highest BCUT2D eigenvalue weighted by atomic mass is 19.3. The largest absolute Gasteiger partial charge is 0.379 e. The van der Waals surface area contributed by atoms with Gasteiger partial charge in [0.1, 0.15) is 0 Å². The number of aryl methyl sites for hydroxylation is 2. The lowest BCUT2D eigenvalue weighted by molar-refractivity contribution is 0.0387. The highest BCUT2D eigenvalue weighted by Crippen LogP contribution is 2.21. The summed E-state index contributed by atoms with van der Waals surface area (Å²) < 4.78 is 32.4. The van der Waals surface area contributed by atoms with Gasteiger partial charge in [-0.1, -0.05) is 31.1 Å². The maximum absolute atomic E-state index is 12.6. The molecule has 0 aliphatic carbocycles. The first-order valence-electron chi connectivity index (χ1n) is 12.2. The Hall–Kier alpha value is -2.69. The van der Waals surface area contributed by atoms with E-state index in [0.717, 1.165) is 88.0 Å². The van der Waals surface area contributed by atoms with Gasteiger partial charge in [0.05, 0.1) is 18.9 Å². The Morgan fingerprint density at radius 1 is 1.12 bits per heavy atom. The zero-order valence-electron chi connectivity index (χ0n) is 20.6. The van der Waals surface area contributed by atoms with Crippen LogP contribution in [0, 0.1) is 25.7 Å². The third-order valence-corrected chi connectivity index (χ3v) is 5.92. The Labute approximate surface area is 202 Å².